The number of nitrogens with zero attached hydrogens (tertiary/aromatic N) is 1. The van der Waals surface area contributed by atoms with Gasteiger partial charge < -0.3 is 15.4 Å². The van der Waals surface area contributed by atoms with Gasteiger partial charge in [0.05, 0.1) is 11.7 Å². The third-order valence-electron chi connectivity index (χ3n) is 3.53. The second-order valence-corrected chi connectivity index (χ2v) is 4.78. The molecule has 0 saturated carbocycles. The summed E-state index contributed by atoms with van der Waals surface area (Å²) in [5.41, 5.74) is 6.93. The van der Waals surface area contributed by atoms with Gasteiger partial charge in [0.2, 0.25) is 0 Å². The Morgan fingerprint density at radius 1 is 1.28 bits per heavy atom. The summed E-state index contributed by atoms with van der Waals surface area (Å²) in [6, 6.07) is 13.0. The molecule has 0 saturated heterocycles. The third kappa shape index (κ3) is 1.71. The molecule has 0 radical (unpaired) electrons. The van der Waals surface area contributed by atoms with E-state index in [1.807, 2.05) is 0 Å². The number of hydrogen-bond donors (Lipinski definition) is 1. The Morgan fingerprint density at radius 3 is 2.94 bits per heavy atom. The van der Waals surface area contributed by atoms with Gasteiger partial charge in [0.15, 0.2) is 0 Å². The van der Waals surface area contributed by atoms with Crippen LogP contribution in [-0.4, -0.2) is 25.7 Å². The molecule has 0 aromatic heterocycles. The number of nitrogens with two attached hydrogens (primary N) is 1. The van der Waals surface area contributed by atoms with E-state index >= 15 is 0 Å². The van der Waals surface area contributed by atoms with Gasteiger partial charge in [-0.1, -0.05) is 30.3 Å². The molecule has 3 nitrogen and oxygen atoms in total. The van der Waals surface area contributed by atoms with E-state index in [1.54, 1.807) is 0 Å². The normalized spacial score (nSPS) is 18.6. The number of hydrogen-bond acceptors (Lipinski definition) is 3. The number of anilines is 1. The Balaban J connectivity index is 2.22. The van der Waals surface area contributed by atoms with Crippen molar-refractivity contribution in [1.82, 2.24) is 0 Å². The minimum absolute atomic E-state index is 0.367. The summed E-state index contributed by atoms with van der Waals surface area (Å²) >= 11 is 0. The topological polar surface area (TPSA) is 38.5 Å². The number of ether oxygens (including phenoxy) is 1. The monoisotopic (exact) mass is 242 g/mol. The SMILES string of the molecule is CC1COc2ccc3ccccc3c2N1CCN. The Morgan fingerprint density at radius 2 is 2.11 bits per heavy atom. The highest BCUT2D eigenvalue weighted by Gasteiger charge is 2.25. The zero-order valence-electron chi connectivity index (χ0n) is 10.6. The molecule has 3 rings (SSSR count). The van der Waals surface area contributed by atoms with Crippen molar-refractivity contribution in [1.29, 1.82) is 0 Å². The molecule has 1 aliphatic rings. The van der Waals surface area contributed by atoms with Crippen LogP contribution in [0.3, 0.4) is 0 Å². The highest BCUT2D eigenvalue weighted by atomic mass is 16.5. The summed E-state index contributed by atoms with van der Waals surface area (Å²) in [5.74, 6) is 0.972. The van der Waals surface area contributed by atoms with E-state index in [-0.39, 0.29) is 0 Å². The van der Waals surface area contributed by atoms with E-state index in [0.29, 0.717) is 12.6 Å². The molecule has 0 aliphatic carbocycles. The first-order valence-corrected chi connectivity index (χ1v) is 6.42. The molecule has 0 amide bonds. The molecule has 1 atom stereocenters. The van der Waals surface area contributed by atoms with E-state index in [9.17, 15) is 0 Å². The fourth-order valence-electron chi connectivity index (χ4n) is 2.64. The van der Waals surface area contributed by atoms with E-state index in [2.05, 4.69) is 48.2 Å². The van der Waals surface area contributed by atoms with Crippen molar-refractivity contribution in [2.45, 2.75) is 13.0 Å². The van der Waals surface area contributed by atoms with Gasteiger partial charge >= 0.3 is 0 Å². The molecule has 0 fully saturated rings. The van der Waals surface area contributed by atoms with Gasteiger partial charge in [0.1, 0.15) is 12.4 Å². The van der Waals surface area contributed by atoms with E-state index in [1.165, 1.54) is 16.5 Å². The van der Waals surface area contributed by atoms with Crippen LogP contribution in [0.25, 0.3) is 10.8 Å². The van der Waals surface area contributed by atoms with Crippen LogP contribution in [0.5, 0.6) is 5.75 Å². The van der Waals surface area contributed by atoms with Crippen LogP contribution in [0.4, 0.5) is 5.69 Å². The van der Waals surface area contributed by atoms with Crippen LogP contribution in [-0.2, 0) is 0 Å². The lowest BCUT2D eigenvalue weighted by atomic mass is 10.0. The van der Waals surface area contributed by atoms with Crippen molar-refractivity contribution in [2.75, 3.05) is 24.6 Å². The summed E-state index contributed by atoms with van der Waals surface area (Å²) in [7, 11) is 0. The molecule has 2 aromatic rings. The molecule has 2 aromatic carbocycles. The maximum absolute atomic E-state index is 5.84. The van der Waals surface area contributed by atoms with Gasteiger partial charge in [-0.25, -0.2) is 0 Å². The lowest BCUT2D eigenvalue weighted by Gasteiger charge is -2.37. The van der Waals surface area contributed by atoms with E-state index in [4.69, 9.17) is 10.5 Å². The largest absolute Gasteiger partial charge is 0.489 e. The standard InChI is InChI=1S/C15H18N2O/c1-11-10-18-14-7-6-12-4-2-3-5-13(12)15(14)17(11)9-8-16/h2-7,11H,8-10,16H2,1H3. The molecule has 0 spiro atoms. The van der Waals surface area contributed by atoms with Crippen LogP contribution in [0.2, 0.25) is 0 Å². The zero-order chi connectivity index (χ0) is 12.5. The zero-order valence-corrected chi connectivity index (χ0v) is 10.6. The minimum Gasteiger partial charge on any atom is -0.489 e. The fourth-order valence-corrected chi connectivity index (χ4v) is 2.64. The van der Waals surface area contributed by atoms with Crippen LogP contribution >= 0.6 is 0 Å². The average Bonchev–Trinajstić information content (AvgIpc) is 2.41. The predicted octanol–water partition coefficient (Wildman–Crippen LogP) is 2.39. The van der Waals surface area contributed by atoms with Crippen LogP contribution < -0.4 is 15.4 Å². The first-order valence-electron chi connectivity index (χ1n) is 6.42. The average molecular weight is 242 g/mol. The highest BCUT2D eigenvalue weighted by Crippen LogP contribution is 2.39. The van der Waals surface area contributed by atoms with Gasteiger partial charge in [0.25, 0.3) is 0 Å². The lowest BCUT2D eigenvalue weighted by Crippen LogP contribution is -2.43. The smallest absolute Gasteiger partial charge is 0.143 e. The predicted molar refractivity (Wildman–Crippen MR) is 75.3 cm³/mol. The van der Waals surface area contributed by atoms with Gasteiger partial charge in [-0.15, -0.1) is 0 Å². The summed E-state index contributed by atoms with van der Waals surface area (Å²) in [4.78, 5) is 2.36. The fraction of sp³-hybridized carbons (Fsp3) is 0.333. The van der Waals surface area contributed by atoms with Gasteiger partial charge in [0, 0.05) is 18.5 Å². The van der Waals surface area contributed by atoms with Gasteiger partial charge in [-0.05, 0) is 18.4 Å². The van der Waals surface area contributed by atoms with Crippen molar-refractivity contribution in [2.24, 2.45) is 5.73 Å². The first kappa shape index (κ1) is 11.4. The Labute approximate surface area is 107 Å². The molecule has 1 unspecified atom stereocenters. The third-order valence-corrected chi connectivity index (χ3v) is 3.53. The maximum Gasteiger partial charge on any atom is 0.143 e. The van der Waals surface area contributed by atoms with E-state index in [0.717, 1.165) is 18.9 Å². The number of rotatable bonds is 2. The first-order chi connectivity index (χ1) is 8.81. The minimum atomic E-state index is 0.367. The summed E-state index contributed by atoms with van der Waals surface area (Å²) in [5, 5.41) is 2.49. The molecule has 2 N–H and O–H groups in total. The Bertz CT molecular complexity index is 567. The van der Waals surface area contributed by atoms with Crippen LogP contribution in [0, 0.1) is 0 Å². The van der Waals surface area contributed by atoms with Crippen molar-refractivity contribution in [3.8, 4) is 5.75 Å². The molecular formula is C15H18N2O. The Kier molecular flexibility index (Phi) is 2.84. The van der Waals surface area contributed by atoms with Gasteiger partial charge in [-0.2, -0.15) is 0 Å². The summed E-state index contributed by atoms with van der Waals surface area (Å²) in [6.45, 7) is 4.43. The molecule has 1 aliphatic heterocycles. The lowest BCUT2D eigenvalue weighted by molar-refractivity contribution is 0.271. The molecule has 0 bridgehead atoms. The second kappa shape index (κ2) is 4.50. The summed E-state index contributed by atoms with van der Waals surface area (Å²) < 4.78 is 5.84. The van der Waals surface area contributed by atoms with Crippen molar-refractivity contribution in [3.05, 3.63) is 36.4 Å². The van der Waals surface area contributed by atoms with Gasteiger partial charge in [-0.3, -0.25) is 0 Å². The molecular weight excluding hydrogens is 224 g/mol. The van der Waals surface area contributed by atoms with Crippen molar-refractivity contribution >= 4 is 16.5 Å². The molecule has 94 valence electrons. The van der Waals surface area contributed by atoms with Crippen LogP contribution in [0.1, 0.15) is 6.92 Å². The van der Waals surface area contributed by atoms with Crippen molar-refractivity contribution in [3.63, 3.8) is 0 Å². The van der Waals surface area contributed by atoms with E-state index < -0.39 is 0 Å². The number of fused-ring (bicyclic) bond motifs is 3. The Hall–Kier alpha value is -1.74. The number of benzene rings is 2. The second-order valence-electron chi connectivity index (χ2n) is 4.78. The highest BCUT2D eigenvalue weighted by molar-refractivity contribution is 5.97. The summed E-state index contributed by atoms with van der Waals surface area (Å²) in [6.07, 6.45) is 0. The molecule has 18 heavy (non-hydrogen) atoms. The van der Waals surface area contributed by atoms with Crippen LogP contribution in [0.15, 0.2) is 36.4 Å². The quantitative estimate of drug-likeness (QED) is 0.878. The molecule has 3 heteroatoms. The van der Waals surface area contributed by atoms with Crippen molar-refractivity contribution < 1.29 is 4.74 Å². The molecule has 1 heterocycles. The maximum atomic E-state index is 5.84.